The number of fused-ring (bicyclic) bond motifs is 1. The molecule has 4 rings (SSSR count). The first kappa shape index (κ1) is 19.9. The molecule has 2 aromatic rings. The molecule has 0 unspecified atom stereocenters. The highest BCUT2D eigenvalue weighted by atomic mass is 16.6. The van der Waals surface area contributed by atoms with Crippen molar-refractivity contribution in [2.45, 2.75) is 19.4 Å². The lowest BCUT2D eigenvalue weighted by Crippen LogP contribution is -2.50. The Kier molecular flexibility index (Phi) is 5.70. The predicted molar refractivity (Wildman–Crippen MR) is 109 cm³/mol. The summed E-state index contributed by atoms with van der Waals surface area (Å²) in [6, 6.07) is 14.7. The number of hydrogen-bond donors (Lipinski definition) is 0. The van der Waals surface area contributed by atoms with Crippen molar-refractivity contribution in [3.05, 3.63) is 70.8 Å². The minimum absolute atomic E-state index is 0.100. The van der Waals surface area contributed by atoms with Crippen molar-refractivity contribution in [1.29, 1.82) is 0 Å². The molecule has 2 aliphatic heterocycles. The van der Waals surface area contributed by atoms with Gasteiger partial charge in [-0.1, -0.05) is 30.3 Å². The van der Waals surface area contributed by atoms with Crippen molar-refractivity contribution in [1.82, 2.24) is 9.80 Å². The number of esters is 1. The maximum atomic E-state index is 13.0. The van der Waals surface area contributed by atoms with Gasteiger partial charge in [0.05, 0.1) is 12.2 Å². The second-order valence-electron chi connectivity index (χ2n) is 7.36. The highest BCUT2D eigenvalue weighted by molar-refractivity contribution is 5.98. The summed E-state index contributed by atoms with van der Waals surface area (Å²) in [7, 11) is 0. The van der Waals surface area contributed by atoms with Crippen LogP contribution in [0.2, 0.25) is 0 Å². The average molecular weight is 408 g/mol. The Balaban J connectivity index is 1.47. The largest absolute Gasteiger partial charge is 0.454 e. The summed E-state index contributed by atoms with van der Waals surface area (Å²) in [6.07, 6.45) is -0.170. The molecule has 0 radical (unpaired) electrons. The molecule has 7 nitrogen and oxygen atoms in total. The van der Waals surface area contributed by atoms with Crippen LogP contribution in [0.3, 0.4) is 0 Å². The smallest absolute Gasteiger partial charge is 0.409 e. The highest BCUT2D eigenvalue weighted by Gasteiger charge is 2.30. The number of carbonyl (C=O) groups excluding carboxylic acids is 3. The lowest BCUT2D eigenvalue weighted by Gasteiger charge is -2.34. The average Bonchev–Trinajstić information content (AvgIpc) is 2.79. The number of hydrogen-bond acceptors (Lipinski definition) is 5. The van der Waals surface area contributed by atoms with E-state index < -0.39 is 0 Å². The Bertz CT molecular complexity index is 951. The molecule has 156 valence electrons. The van der Waals surface area contributed by atoms with E-state index in [0.717, 1.165) is 11.1 Å². The van der Waals surface area contributed by atoms with E-state index in [1.807, 2.05) is 30.3 Å². The summed E-state index contributed by atoms with van der Waals surface area (Å²) in [5, 5.41) is 0. The molecule has 0 aliphatic carbocycles. The predicted octanol–water partition coefficient (Wildman–Crippen LogP) is 3.06. The number of ether oxygens (including phenoxy) is 2. The van der Waals surface area contributed by atoms with Crippen molar-refractivity contribution in [3.63, 3.8) is 0 Å². The van der Waals surface area contributed by atoms with E-state index >= 15 is 0 Å². The van der Waals surface area contributed by atoms with Crippen LogP contribution >= 0.6 is 0 Å². The third kappa shape index (κ3) is 4.01. The first-order valence-electron chi connectivity index (χ1n) is 10.2. The summed E-state index contributed by atoms with van der Waals surface area (Å²) < 4.78 is 10.6. The summed E-state index contributed by atoms with van der Waals surface area (Å²) in [5.41, 5.74) is 2.80. The maximum absolute atomic E-state index is 13.0. The van der Waals surface area contributed by atoms with Crippen molar-refractivity contribution < 1.29 is 23.9 Å². The number of amides is 2. The zero-order valence-corrected chi connectivity index (χ0v) is 16.9. The van der Waals surface area contributed by atoms with E-state index in [1.54, 1.807) is 34.9 Å². The van der Waals surface area contributed by atoms with E-state index in [1.165, 1.54) is 0 Å². The molecular weight excluding hydrogens is 384 g/mol. The lowest BCUT2D eigenvalue weighted by molar-refractivity contribution is 0.0252. The topological polar surface area (TPSA) is 76.2 Å². The van der Waals surface area contributed by atoms with Gasteiger partial charge in [0.1, 0.15) is 6.10 Å². The van der Waals surface area contributed by atoms with Gasteiger partial charge < -0.3 is 19.3 Å². The SMILES string of the molecule is CCOC(=O)N1CCN(C(=O)c2ccc3c(c2)C[C@@H](c2ccccc2)OC3=O)CC1. The lowest BCUT2D eigenvalue weighted by atomic mass is 9.93. The summed E-state index contributed by atoms with van der Waals surface area (Å²) in [5.74, 6) is -0.469. The van der Waals surface area contributed by atoms with Crippen LogP contribution in [0.5, 0.6) is 0 Å². The van der Waals surface area contributed by atoms with E-state index in [2.05, 4.69) is 0 Å². The van der Waals surface area contributed by atoms with Crippen molar-refractivity contribution >= 4 is 18.0 Å². The number of carbonyl (C=O) groups is 3. The molecule has 0 saturated carbocycles. The third-order valence-electron chi connectivity index (χ3n) is 5.49. The van der Waals surface area contributed by atoms with Gasteiger partial charge in [-0.2, -0.15) is 0 Å². The molecule has 2 heterocycles. The Morgan fingerprint density at radius 1 is 1.03 bits per heavy atom. The van der Waals surface area contributed by atoms with E-state index in [4.69, 9.17) is 9.47 Å². The molecule has 2 aliphatic rings. The summed E-state index contributed by atoms with van der Waals surface area (Å²) in [6.45, 7) is 3.88. The van der Waals surface area contributed by atoms with Gasteiger partial charge >= 0.3 is 12.1 Å². The molecule has 2 amide bonds. The number of cyclic esters (lactones) is 1. The first-order valence-corrected chi connectivity index (χ1v) is 10.2. The van der Waals surface area contributed by atoms with Gasteiger partial charge in [-0.05, 0) is 36.2 Å². The number of rotatable bonds is 3. The van der Waals surface area contributed by atoms with Gasteiger partial charge in [-0.3, -0.25) is 4.79 Å². The van der Waals surface area contributed by atoms with Crippen LogP contribution in [0, 0.1) is 0 Å². The standard InChI is InChI=1S/C23H24N2O5/c1-2-29-23(28)25-12-10-24(11-13-25)21(26)17-8-9-19-18(14-17)15-20(30-22(19)27)16-6-4-3-5-7-16/h3-9,14,20H,2,10-13,15H2,1H3/t20-/m0/s1. The number of benzene rings is 2. The van der Waals surface area contributed by atoms with Crippen LogP contribution in [0.1, 0.15) is 44.9 Å². The van der Waals surface area contributed by atoms with Gasteiger partial charge in [0.25, 0.3) is 5.91 Å². The third-order valence-corrected chi connectivity index (χ3v) is 5.49. The minimum Gasteiger partial charge on any atom is -0.454 e. The first-order chi connectivity index (χ1) is 14.6. The Morgan fingerprint density at radius 3 is 2.43 bits per heavy atom. The molecule has 0 aromatic heterocycles. The van der Waals surface area contributed by atoms with Gasteiger partial charge in [0.2, 0.25) is 0 Å². The van der Waals surface area contributed by atoms with Gasteiger partial charge in [0, 0.05) is 38.2 Å². The fraction of sp³-hybridized carbons (Fsp3) is 0.348. The van der Waals surface area contributed by atoms with Gasteiger partial charge in [-0.15, -0.1) is 0 Å². The molecular formula is C23H24N2O5. The van der Waals surface area contributed by atoms with Gasteiger partial charge in [0.15, 0.2) is 0 Å². The van der Waals surface area contributed by atoms with Crippen LogP contribution < -0.4 is 0 Å². The van der Waals surface area contributed by atoms with Crippen molar-refractivity contribution in [2.75, 3.05) is 32.8 Å². The van der Waals surface area contributed by atoms with Crippen molar-refractivity contribution in [2.24, 2.45) is 0 Å². The molecule has 1 fully saturated rings. The quantitative estimate of drug-likeness (QED) is 0.730. The molecule has 2 aromatic carbocycles. The maximum Gasteiger partial charge on any atom is 0.409 e. The highest BCUT2D eigenvalue weighted by Crippen LogP contribution is 2.31. The van der Waals surface area contributed by atoms with Crippen molar-refractivity contribution in [3.8, 4) is 0 Å². The van der Waals surface area contributed by atoms with E-state index in [0.29, 0.717) is 50.3 Å². The number of nitrogens with zero attached hydrogens (tertiary/aromatic N) is 2. The van der Waals surface area contributed by atoms with E-state index in [9.17, 15) is 14.4 Å². The summed E-state index contributed by atoms with van der Waals surface area (Å²) in [4.78, 5) is 40.6. The monoisotopic (exact) mass is 408 g/mol. The number of piperazine rings is 1. The Hall–Kier alpha value is -3.35. The Labute approximate surface area is 175 Å². The second kappa shape index (κ2) is 8.57. The second-order valence-corrected chi connectivity index (χ2v) is 7.36. The van der Waals surface area contributed by atoms with Gasteiger partial charge in [-0.25, -0.2) is 9.59 Å². The molecule has 0 spiro atoms. The Morgan fingerprint density at radius 2 is 1.73 bits per heavy atom. The molecule has 1 saturated heterocycles. The fourth-order valence-corrected chi connectivity index (χ4v) is 3.87. The molecule has 30 heavy (non-hydrogen) atoms. The fourth-order valence-electron chi connectivity index (χ4n) is 3.87. The van der Waals surface area contributed by atoms with Crippen LogP contribution in [0.4, 0.5) is 4.79 Å². The minimum atomic E-state index is -0.368. The van der Waals surface area contributed by atoms with Crippen LogP contribution in [0.25, 0.3) is 0 Å². The molecule has 7 heteroatoms. The zero-order chi connectivity index (χ0) is 21.1. The van der Waals surface area contributed by atoms with Crippen LogP contribution in [-0.2, 0) is 15.9 Å². The van der Waals surface area contributed by atoms with Crippen LogP contribution in [-0.4, -0.2) is 60.6 Å². The molecule has 1 atom stereocenters. The molecule has 0 bridgehead atoms. The normalized spacial score (nSPS) is 18.4. The molecule has 0 N–H and O–H groups in total. The summed E-state index contributed by atoms with van der Waals surface area (Å²) >= 11 is 0. The van der Waals surface area contributed by atoms with Crippen LogP contribution in [0.15, 0.2) is 48.5 Å². The van der Waals surface area contributed by atoms with E-state index in [-0.39, 0.29) is 24.1 Å². The zero-order valence-electron chi connectivity index (χ0n) is 16.9.